The summed E-state index contributed by atoms with van der Waals surface area (Å²) < 4.78 is 0. The van der Waals surface area contributed by atoms with Crippen molar-refractivity contribution in [3.63, 3.8) is 0 Å². The van der Waals surface area contributed by atoms with Gasteiger partial charge >= 0.3 is 0 Å². The highest BCUT2D eigenvalue weighted by Gasteiger charge is 2.03. The highest BCUT2D eigenvalue weighted by molar-refractivity contribution is 7.80. The van der Waals surface area contributed by atoms with E-state index in [1.54, 1.807) is 12.3 Å². The molecule has 0 bridgehead atoms. The molecule has 7 heteroatoms. The summed E-state index contributed by atoms with van der Waals surface area (Å²) in [6, 6.07) is 11.3. The van der Waals surface area contributed by atoms with Crippen molar-refractivity contribution in [2.45, 2.75) is 6.92 Å². The summed E-state index contributed by atoms with van der Waals surface area (Å²) in [6.07, 6.45) is 1.63. The number of nitrogens with one attached hydrogen (secondary N) is 2. The smallest absolute Gasteiger partial charge is 0.191 e. The van der Waals surface area contributed by atoms with Gasteiger partial charge in [0, 0.05) is 36.1 Å². The molecule has 0 spiro atoms. The van der Waals surface area contributed by atoms with Crippen LogP contribution in [-0.4, -0.2) is 25.4 Å². The van der Waals surface area contributed by atoms with E-state index >= 15 is 0 Å². The van der Waals surface area contributed by atoms with Crippen LogP contribution in [0, 0.1) is 6.92 Å². The van der Waals surface area contributed by atoms with E-state index in [0.29, 0.717) is 15.2 Å². The topological polar surface area (TPSA) is 39.7 Å². The van der Waals surface area contributed by atoms with Crippen molar-refractivity contribution in [2.24, 2.45) is 5.10 Å². The molecule has 0 aliphatic heterocycles. The van der Waals surface area contributed by atoms with Crippen LogP contribution in [0.25, 0.3) is 0 Å². The largest absolute Gasteiger partial charge is 0.378 e. The molecule has 0 aliphatic rings. The average molecular weight is 381 g/mol. The van der Waals surface area contributed by atoms with Crippen molar-refractivity contribution in [1.29, 1.82) is 0 Å². The van der Waals surface area contributed by atoms with E-state index in [1.165, 1.54) is 0 Å². The van der Waals surface area contributed by atoms with Crippen LogP contribution in [0.2, 0.25) is 10.0 Å². The van der Waals surface area contributed by atoms with Gasteiger partial charge in [0.05, 0.1) is 11.2 Å². The predicted molar refractivity (Wildman–Crippen MR) is 109 cm³/mol. The Labute approximate surface area is 157 Å². The zero-order valence-corrected chi connectivity index (χ0v) is 15.9. The maximum Gasteiger partial charge on any atom is 0.191 e. The Morgan fingerprint density at radius 3 is 2.54 bits per heavy atom. The molecule has 24 heavy (non-hydrogen) atoms. The SMILES string of the molecule is Cc1cc(Cl)ccc1NC(=S)N/N=C/c1ccc(N(C)C)cc1Cl. The lowest BCUT2D eigenvalue weighted by Gasteiger charge is -2.13. The summed E-state index contributed by atoms with van der Waals surface area (Å²) in [4.78, 5) is 1.98. The van der Waals surface area contributed by atoms with E-state index in [2.05, 4.69) is 15.8 Å². The standard InChI is InChI=1S/C17H18Cl2N4S/c1-11-8-13(18)5-7-16(11)21-17(24)22-20-10-12-4-6-14(23(2)3)9-15(12)19/h4-10H,1-3H3,(H2,21,22,24)/b20-10+. The lowest BCUT2D eigenvalue weighted by Crippen LogP contribution is -2.24. The molecule has 2 aromatic rings. The van der Waals surface area contributed by atoms with Crippen molar-refractivity contribution in [3.8, 4) is 0 Å². The average Bonchev–Trinajstić information content (AvgIpc) is 2.51. The first-order valence-corrected chi connectivity index (χ1v) is 8.36. The van der Waals surface area contributed by atoms with E-state index in [1.807, 2.05) is 56.3 Å². The van der Waals surface area contributed by atoms with Gasteiger partial charge in [-0.15, -0.1) is 0 Å². The number of aryl methyl sites for hydroxylation is 1. The monoisotopic (exact) mass is 380 g/mol. The van der Waals surface area contributed by atoms with Crippen molar-refractivity contribution < 1.29 is 0 Å². The van der Waals surface area contributed by atoms with Gasteiger partial charge in [-0.25, -0.2) is 0 Å². The third kappa shape index (κ3) is 5.09. The predicted octanol–water partition coefficient (Wildman–Crippen LogP) is 4.69. The van der Waals surface area contributed by atoms with Crippen LogP contribution >= 0.6 is 35.4 Å². The van der Waals surface area contributed by atoms with Crippen LogP contribution in [0.1, 0.15) is 11.1 Å². The first-order valence-electron chi connectivity index (χ1n) is 7.20. The normalized spacial score (nSPS) is 10.7. The summed E-state index contributed by atoms with van der Waals surface area (Å²) in [5.74, 6) is 0. The van der Waals surface area contributed by atoms with Crippen LogP contribution in [0.15, 0.2) is 41.5 Å². The van der Waals surface area contributed by atoms with Gasteiger partial charge in [-0.05, 0) is 61.1 Å². The van der Waals surface area contributed by atoms with E-state index in [0.717, 1.165) is 22.5 Å². The maximum atomic E-state index is 6.25. The third-order valence-corrected chi connectivity index (χ3v) is 4.06. The molecule has 0 unspecified atom stereocenters. The molecule has 2 aromatic carbocycles. The van der Waals surface area contributed by atoms with Crippen LogP contribution in [0.3, 0.4) is 0 Å². The highest BCUT2D eigenvalue weighted by Crippen LogP contribution is 2.21. The Morgan fingerprint density at radius 2 is 1.92 bits per heavy atom. The molecule has 126 valence electrons. The van der Waals surface area contributed by atoms with Crippen molar-refractivity contribution in [2.75, 3.05) is 24.3 Å². The van der Waals surface area contributed by atoms with Crippen LogP contribution in [0.4, 0.5) is 11.4 Å². The minimum atomic E-state index is 0.387. The molecule has 0 fully saturated rings. The Morgan fingerprint density at radius 1 is 1.17 bits per heavy atom. The van der Waals surface area contributed by atoms with Gasteiger partial charge < -0.3 is 10.2 Å². The first-order chi connectivity index (χ1) is 11.4. The fraction of sp³-hybridized carbons (Fsp3) is 0.176. The molecule has 0 saturated heterocycles. The van der Waals surface area contributed by atoms with E-state index < -0.39 is 0 Å². The van der Waals surface area contributed by atoms with E-state index in [-0.39, 0.29) is 0 Å². The lowest BCUT2D eigenvalue weighted by atomic mass is 10.2. The number of hydrazone groups is 1. The van der Waals surface area contributed by atoms with Crippen LogP contribution < -0.4 is 15.6 Å². The number of rotatable bonds is 4. The summed E-state index contributed by atoms with van der Waals surface area (Å²) in [6.45, 7) is 1.95. The molecular formula is C17H18Cl2N4S. The number of anilines is 2. The molecule has 0 heterocycles. The van der Waals surface area contributed by atoms with E-state index in [4.69, 9.17) is 35.4 Å². The molecular weight excluding hydrogens is 363 g/mol. The second kappa shape index (κ2) is 8.33. The number of nitrogens with zero attached hydrogens (tertiary/aromatic N) is 2. The number of halogens is 2. The van der Waals surface area contributed by atoms with Gasteiger partial charge in [-0.1, -0.05) is 23.2 Å². The third-order valence-electron chi connectivity index (χ3n) is 3.31. The van der Waals surface area contributed by atoms with Crippen molar-refractivity contribution in [1.82, 2.24) is 5.43 Å². The fourth-order valence-electron chi connectivity index (χ4n) is 1.98. The Hall–Kier alpha value is -1.82. The Kier molecular flexibility index (Phi) is 6.43. The summed E-state index contributed by atoms with van der Waals surface area (Å²) in [7, 11) is 3.92. The zero-order chi connectivity index (χ0) is 17.7. The van der Waals surface area contributed by atoms with Crippen LogP contribution in [0.5, 0.6) is 0 Å². The lowest BCUT2D eigenvalue weighted by molar-refractivity contribution is 1.05. The second-order valence-electron chi connectivity index (χ2n) is 5.38. The summed E-state index contributed by atoms with van der Waals surface area (Å²) >= 11 is 17.4. The summed E-state index contributed by atoms with van der Waals surface area (Å²) in [5, 5.41) is 8.88. The van der Waals surface area contributed by atoms with Gasteiger partial charge in [0.2, 0.25) is 0 Å². The highest BCUT2D eigenvalue weighted by atomic mass is 35.5. The number of benzene rings is 2. The molecule has 0 saturated carbocycles. The van der Waals surface area contributed by atoms with Gasteiger partial charge in [0.25, 0.3) is 0 Å². The van der Waals surface area contributed by atoms with E-state index in [9.17, 15) is 0 Å². The maximum absolute atomic E-state index is 6.25. The minimum Gasteiger partial charge on any atom is -0.378 e. The quantitative estimate of drug-likeness (QED) is 0.458. The van der Waals surface area contributed by atoms with Gasteiger partial charge in [-0.3, -0.25) is 5.43 Å². The van der Waals surface area contributed by atoms with Gasteiger partial charge in [-0.2, -0.15) is 5.10 Å². The Balaban J connectivity index is 1.97. The molecule has 2 N–H and O–H groups in total. The van der Waals surface area contributed by atoms with Crippen molar-refractivity contribution in [3.05, 3.63) is 57.6 Å². The number of hydrogen-bond donors (Lipinski definition) is 2. The molecule has 0 atom stereocenters. The summed E-state index contributed by atoms with van der Waals surface area (Å²) in [5.41, 5.74) is 6.48. The van der Waals surface area contributed by atoms with Crippen LogP contribution in [-0.2, 0) is 0 Å². The molecule has 4 nitrogen and oxygen atoms in total. The fourth-order valence-corrected chi connectivity index (χ4v) is 2.59. The molecule has 0 radical (unpaired) electrons. The number of hydrogen-bond acceptors (Lipinski definition) is 3. The molecule has 0 aliphatic carbocycles. The number of thiocarbonyl (C=S) groups is 1. The van der Waals surface area contributed by atoms with Gasteiger partial charge in [0.1, 0.15) is 0 Å². The molecule has 0 amide bonds. The molecule has 0 aromatic heterocycles. The second-order valence-corrected chi connectivity index (χ2v) is 6.64. The minimum absolute atomic E-state index is 0.387. The Bertz CT molecular complexity index is 775. The first kappa shape index (κ1) is 18.5. The molecule has 2 rings (SSSR count). The van der Waals surface area contributed by atoms with Gasteiger partial charge in [0.15, 0.2) is 5.11 Å². The zero-order valence-electron chi connectivity index (χ0n) is 13.6. The van der Waals surface area contributed by atoms with Crippen molar-refractivity contribution >= 4 is 58.1 Å².